The molecular weight excluding hydrogens is 324 g/mol. The van der Waals surface area contributed by atoms with Gasteiger partial charge in [0, 0.05) is 12.3 Å². The molecule has 3 rings (SSSR count). The fourth-order valence-electron chi connectivity index (χ4n) is 3.74. The highest BCUT2D eigenvalue weighted by molar-refractivity contribution is 6.74. The van der Waals surface area contributed by atoms with Crippen LogP contribution in [-0.4, -0.2) is 14.4 Å². The van der Waals surface area contributed by atoms with Crippen LogP contribution in [0.1, 0.15) is 65.0 Å². The molecule has 0 spiro atoms. The molecule has 1 aromatic carbocycles. The number of allylic oxidation sites excluding steroid dienone is 1. The molecule has 0 fully saturated rings. The van der Waals surface area contributed by atoms with Crippen LogP contribution in [0.3, 0.4) is 0 Å². The van der Waals surface area contributed by atoms with Gasteiger partial charge in [0.2, 0.25) is 0 Å². The van der Waals surface area contributed by atoms with E-state index in [4.69, 9.17) is 9.16 Å². The van der Waals surface area contributed by atoms with Gasteiger partial charge in [-0.05, 0) is 48.5 Å². The smallest absolute Gasteiger partial charge is 0.192 e. The summed E-state index contributed by atoms with van der Waals surface area (Å²) >= 11 is 0. The lowest BCUT2D eigenvalue weighted by Crippen LogP contribution is -2.46. The van der Waals surface area contributed by atoms with E-state index in [2.05, 4.69) is 71.1 Å². The third-order valence-electron chi connectivity index (χ3n) is 6.35. The second-order valence-corrected chi connectivity index (χ2v) is 14.1. The Labute approximate surface area is 154 Å². The van der Waals surface area contributed by atoms with Crippen LogP contribution in [0.4, 0.5) is 0 Å². The summed E-state index contributed by atoms with van der Waals surface area (Å²) in [5.74, 6) is 1.75. The van der Waals surface area contributed by atoms with Gasteiger partial charge in [-0.2, -0.15) is 0 Å². The van der Waals surface area contributed by atoms with Crippen LogP contribution in [0.2, 0.25) is 18.1 Å². The van der Waals surface area contributed by atoms with Crippen molar-refractivity contribution in [3.8, 4) is 0 Å². The molecule has 0 unspecified atom stereocenters. The lowest BCUT2D eigenvalue weighted by molar-refractivity contribution is 0.0160. The zero-order chi connectivity index (χ0) is 18.2. The van der Waals surface area contributed by atoms with E-state index >= 15 is 0 Å². The maximum Gasteiger partial charge on any atom is 0.192 e. The number of benzene rings is 1. The monoisotopic (exact) mass is 358 g/mol. The molecule has 0 bridgehead atoms. The van der Waals surface area contributed by atoms with Crippen LogP contribution >= 0.6 is 0 Å². The molecule has 0 aromatic heterocycles. The zero-order valence-electron chi connectivity index (χ0n) is 16.8. The third-order valence-corrected chi connectivity index (χ3v) is 10.8. The molecule has 3 atom stereocenters. The molecule has 0 N–H and O–H groups in total. The van der Waals surface area contributed by atoms with E-state index in [-0.39, 0.29) is 17.2 Å². The standard InChI is InChI=1S/C22H34O2Si/c1-16-11-10-14-18-20(24-25(5,6)22(2,3)4)15-19(23-21(16)18)17-12-8-7-9-13-17/h7-9,12-13,16,19-20H,10-11,14-15H2,1-6H3/t16-,19-,20-/m1/s1. The summed E-state index contributed by atoms with van der Waals surface area (Å²) in [6, 6.07) is 10.7. The topological polar surface area (TPSA) is 18.5 Å². The lowest BCUT2D eigenvalue weighted by atomic mass is 9.83. The quantitative estimate of drug-likeness (QED) is 0.566. The van der Waals surface area contributed by atoms with Gasteiger partial charge in [-0.25, -0.2) is 0 Å². The Morgan fingerprint density at radius 1 is 1.12 bits per heavy atom. The number of hydrogen-bond acceptors (Lipinski definition) is 2. The van der Waals surface area contributed by atoms with Crippen molar-refractivity contribution in [1.82, 2.24) is 0 Å². The number of rotatable bonds is 3. The van der Waals surface area contributed by atoms with Gasteiger partial charge in [0.1, 0.15) is 11.9 Å². The molecule has 1 aliphatic carbocycles. The molecule has 138 valence electrons. The Balaban J connectivity index is 1.93. The Morgan fingerprint density at radius 3 is 2.44 bits per heavy atom. The van der Waals surface area contributed by atoms with Gasteiger partial charge >= 0.3 is 0 Å². The molecule has 2 aliphatic rings. The molecule has 0 radical (unpaired) electrons. The van der Waals surface area contributed by atoms with Crippen LogP contribution in [0.25, 0.3) is 0 Å². The van der Waals surface area contributed by atoms with Gasteiger partial charge < -0.3 is 9.16 Å². The van der Waals surface area contributed by atoms with Crippen molar-refractivity contribution in [2.75, 3.05) is 0 Å². The minimum absolute atomic E-state index is 0.121. The highest BCUT2D eigenvalue weighted by atomic mass is 28.4. The minimum Gasteiger partial charge on any atom is -0.490 e. The second-order valence-electron chi connectivity index (χ2n) is 9.30. The maximum atomic E-state index is 6.91. The summed E-state index contributed by atoms with van der Waals surface area (Å²) in [5.41, 5.74) is 2.73. The van der Waals surface area contributed by atoms with Crippen molar-refractivity contribution < 1.29 is 9.16 Å². The van der Waals surface area contributed by atoms with Gasteiger partial charge in [0.05, 0.1) is 6.10 Å². The van der Waals surface area contributed by atoms with E-state index in [9.17, 15) is 0 Å². The highest BCUT2D eigenvalue weighted by Gasteiger charge is 2.43. The molecule has 1 aliphatic heterocycles. The molecule has 2 nitrogen and oxygen atoms in total. The Hall–Kier alpha value is -1.06. The second kappa shape index (κ2) is 6.92. The Kier molecular flexibility index (Phi) is 5.18. The summed E-state index contributed by atoms with van der Waals surface area (Å²) in [6.07, 6.45) is 4.92. The van der Waals surface area contributed by atoms with E-state index in [0.717, 1.165) is 12.8 Å². The molecule has 25 heavy (non-hydrogen) atoms. The summed E-state index contributed by atoms with van der Waals surface area (Å²) < 4.78 is 13.4. The predicted octanol–water partition coefficient (Wildman–Crippen LogP) is 6.61. The van der Waals surface area contributed by atoms with Crippen LogP contribution in [0, 0.1) is 5.92 Å². The van der Waals surface area contributed by atoms with Crippen molar-refractivity contribution in [3.63, 3.8) is 0 Å². The average molecular weight is 359 g/mol. The first-order chi connectivity index (χ1) is 11.7. The summed E-state index contributed by atoms with van der Waals surface area (Å²) in [5, 5.41) is 0.231. The highest BCUT2D eigenvalue weighted by Crippen LogP contribution is 2.46. The van der Waals surface area contributed by atoms with Crippen LogP contribution in [0.15, 0.2) is 41.7 Å². The zero-order valence-corrected chi connectivity index (χ0v) is 17.8. The Bertz CT molecular complexity index is 627. The van der Waals surface area contributed by atoms with Crippen molar-refractivity contribution in [2.45, 2.75) is 83.7 Å². The summed E-state index contributed by atoms with van der Waals surface area (Å²) in [4.78, 5) is 0. The first-order valence-corrected chi connectivity index (χ1v) is 12.7. The summed E-state index contributed by atoms with van der Waals surface area (Å²) in [6.45, 7) is 14.0. The molecule has 0 amide bonds. The Morgan fingerprint density at radius 2 is 1.80 bits per heavy atom. The molecule has 1 heterocycles. The largest absolute Gasteiger partial charge is 0.490 e. The number of hydrogen-bond donors (Lipinski definition) is 0. The molecule has 3 heteroatoms. The van der Waals surface area contributed by atoms with Crippen molar-refractivity contribution >= 4 is 8.32 Å². The predicted molar refractivity (Wildman–Crippen MR) is 107 cm³/mol. The van der Waals surface area contributed by atoms with Crippen LogP contribution < -0.4 is 0 Å². The fraction of sp³-hybridized carbons (Fsp3) is 0.636. The SMILES string of the molecule is C[C@@H]1CCCC2=C1O[C@@H](c1ccccc1)C[C@H]2O[Si](C)(C)C(C)(C)C. The van der Waals surface area contributed by atoms with Gasteiger partial charge in [-0.15, -0.1) is 0 Å². The van der Waals surface area contributed by atoms with E-state index in [1.54, 1.807) is 0 Å². The van der Waals surface area contributed by atoms with Crippen molar-refractivity contribution in [2.24, 2.45) is 5.92 Å². The molecule has 0 saturated carbocycles. The van der Waals surface area contributed by atoms with E-state index in [1.807, 2.05) is 0 Å². The van der Waals surface area contributed by atoms with Gasteiger partial charge in [-0.1, -0.05) is 58.0 Å². The lowest BCUT2D eigenvalue weighted by Gasteiger charge is -2.45. The van der Waals surface area contributed by atoms with Crippen molar-refractivity contribution in [1.29, 1.82) is 0 Å². The molecular formula is C22H34O2Si. The van der Waals surface area contributed by atoms with Gasteiger partial charge in [0.15, 0.2) is 8.32 Å². The first-order valence-electron chi connectivity index (χ1n) is 9.81. The summed E-state index contributed by atoms with van der Waals surface area (Å²) in [7, 11) is -1.81. The van der Waals surface area contributed by atoms with Crippen LogP contribution in [-0.2, 0) is 9.16 Å². The van der Waals surface area contributed by atoms with Gasteiger partial charge in [0.25, 0.3) is 0 Å². The van der Waals surface area contributed by atoms with Gasteiger partial charge in [-0.3, -0.25) is 0 Å². The minimum atomic E-state index is -1.81. The van der Waals surface area contributed by atoms with E-state index in [1.165, 1.54) is 29.7 Å². The van der Waals surface area contributed by atoms with E-state index in [0.29, 0.717) is 5.92 Å². The average Bonchev–Trinajstić information content (AvgIpc) is 2.55. The maximum absolute atomic E-state index is 6.91. The third kappa shape index (κ3) is 3.88. The molecule has 1 aromatic rings. The van der Waals surface area contributed by atoms with Crippen molar-refractivity contribution in [3.05, 3.63) is 47.2 Å². The number of ether oxygens (including phenoxy) is 1. The van der Waals surface area contributed by atoms with Crippen LogP contribution in [0.5, 0.6) is 0 Å². The normalized spacial score (nSPS) is 27.7. The molecule has 0 saturated heterocycles. The first kappa shape index (κ1) is 18.7. The fourth-order valence-corrected chi connectivity index (χ4v) is 5.05. The van der Waals surface area contributed by atoms with E-state index < -0.39 is 8.32 Å².